The quantitative estimate of drug-likeness (QED) is 0.326. The third kappa shape index (κ3) is 5.05. The van der Waals surface area contributed by atoms with E-state index in [1.165, 1.54) is 27.8 Å². The van der Waals surface area contributed by atoms with Crippen LogP contribution in [0.25, 0.3) is 10.2 Å². The fourth-order valence-corrected chi connectivity index (χ4v) is 7.12. The molecule has 0 saturated carbocycles. The molecule has 1 aliphatic carbocycles. The summed E-state index contributed by atoms with van der Waals surface area (Å²) < 4.78 is 10.8. The molecule has 202 valence electrons. The van der Waals surface area contributed by atoms with Crippen molar-refractivity contribution in [3.05, 3.63) is 75.9 Å². The molecule has 4 aromatic rings. The van der Waals surface area contributed by atoms with E-state index >= 15 is 0 Å². The average molecular weight is 543 g/mol. The first-order valence-electron chi connectivity index (χ1n) is 13.7. The van der Waals surface area contributed by atoms with Crippen molar-refractivity contribution in [2.24, 2.45) is 5.92 Å². The van der Waals surface area contributed by atoms with E-state index < -0.39 is 0 Å². The Morgan fingerprint density at radius 3 is 2.56 bits per heavy atom. The van der Waals surface area contributed by atoms with Crippen molar-refractivity contribution in [2.75, 3.05) is 45.3 Å². The van der Waals surface area contributed by atoms with E-state index in [4.69, 9.17) is 19.4 Å². The number of anilines is 1. The monoisotopic (exact) mass is 542 g/mol. The summed E-state index contributed by atoms with van der Waals surface area (Å²) in [6, 6.07) is 15.8. The van der Waals surface area contributed by atoms with Crippen molar-refractivity contribution in [3.63, 3.8) is 0 Å². The summed E-state index contributed by atoms with van der Waals surface area (Å²) in [4.78, 5) is 30.5. The second-order valence-corrected chi connectivity index (χ2v) is 11.6. The Morgan fingerprint density at radius 2 is 1.82 bits per heavy atom. The van der Waals surface area contributed by atoms with Gasteiger partial charge < -0.3 is 19.3 Å². The van der Waals surface area contributed by atoms with Gasteiger partial charge in [-0.25, -0.2) is 9.97 Å². The molecule has 0 bridgehead atoms. The maximum atomic E-state index is 13.4. The maximum absolute atomic E-state index is 13.4. The number of rotatable bonds is 6. The van der Waals surface area contributed by atoms with Gasteiger partial charge in [-0.2, -0.15) is 0 Å². The fourth-order valence-electron chi connectivity index (χ4n) is 5.72. The zero-order chi connectivity index (χ0) is 26.9. The summed E-state index contributed by atoms with van der Waals surface area (Å²) in [5, 5.41) is 1.23. The highest BCUT2D eigenvalue weighted by Crippen LogP contribution is 2.41. The van der Waals surface area contributed by atoms with E-state index in [1.54, 1.807) is 32.4 Å². The zero-order valence-electron chi connectivity index (χ0n) is 22.8. The van der Waals surface area contributed by atoms with Crippen molar-refractivity contribution in [2.45, 2.75) is 32.6 Å². The van der Waals surface area contributed by atoms with Gasteiger partial charge in [0.15, 0.2) is 0 Å². The largest absolute Gasteiger partial charge is 0.497 e. The van der Waals surface area contributed by atoms with Crippen molar-refractivity contribution in [3.8, 4) is 11.5 Å². The van der Waals surface area contributed by atoms with Crippen molar-refractivity contribution >= 4 is 33.3 Å². The molecule has 1 aliphatic heterocycles. The smallest absolute Gasteiger partial charge is 0.257 e. The Morgan fingerprint density at radius 1 is 1.03 bits per heavy atom. The molecular weight excluding hydrogens is 508 g/mol. The number of nitrogens with zero attached hydrogens (tertiary/aromatic N) is 4. The fraction of sp³-hybridized carbons (Fsp3) is 0.387. The van der Waals surface area contributed by atoms with Gasteiger partial charge in [0.05, 0.1) is 25.2 Å². The molecule has 1 atom stereocenters. The molecule has 0 spiro atoms. The molecule has 3 heterocycles. The van der Waals surface area contributed by atoms with Gasteiger partial charge in [-0.15, -0.1) is 11.3 Å². The summed E-state index contributed by atoms with van der Waals surface area (Å²) in [6.45, 7) is 5.03. The lowest BCUT2D eigenvalue weighted by Gasteiger charge is -2.36. The summed E-state index contributed by atoms with van der Waals surface area (Å²) in [5.41, 5.74) is 3.21. The van der Waals surface area contributed by atoms with Crippen LogP contribution < -0.4 is 14.4 Å². The van der Waals surface area contributed by atoms with Gasteiger partial charge in [0, 0.05) is 43.5 Å². The molecule has 1 amide bonds. The van der Waals surface area contributed by atoms with Gasteiger partial charge in [0.1, 0.15) is 28.0 Å². The van der Waals surface area contributed by atoms with E-state index in [2.05, 4.69) is 36.1 Å². The highest BCUT2D eigenvalue weighted by molar-refractivity contribution is 7.19. The third-order valence-corrected chi connectivity index (χ3v) is 9.04. The average Bonchev–Trinajstić information content (AvgIpc) is 3.34. The lowest BCUT2D eigenvalue weighted by molar-refractivity contribution is 0.0743. The van der Waals surface area contributed by atoms with Crippen LogP contribution in [-0.2, 0) is 19.3 Å². The van der Waals surface area contributed by atoms with Gasteiger partial charge in [0.2, 0.25) is 0 Å². The van der Waals surface area contributed by atoms with Crippen molar-refractivity contribution < 1.29 is 14.3 Å². The molecule has 1 unspecified atom stereocenters. The Balaban J connectivity index is 1.29. The van der Waals surface area contributed by atoms with Gasteiger partial charge in [0.25, 0.3) is 5.91 Å². The molecular formula is C31H34N4O3S. The van der Waals surface area contributed by atoms with Gasteiger partial charge in [-0.1, -0.05) is 37.3 Å². The minimum Gasteiger partial charge on any atom is -0.497 e. The number of piperazine rings is 1. The summed E-state index contributed by atoms with van der Waals surface area (Å²) >= 11 is 1.85. The Kier molecular flexibility index (Phi) is 7.12. The van der Waals surface area contributed by atoms with Crippen LogP contribution in [0.5, 0.6) is 11.5 Å². The van der Waals surface area contributed by atoms with Crippen molar-refractivity contribution in [1.29, 1.82) is 0 Å². The minimum absolute atomic E-state index is 0.0198. The molecule has 0 N–H and O–H groups in total. The Labute approximate surface area is 233 Å². The van der Waals surface area contributed by atoms with Crippen LogP contribution in [0, 0.1) is 5.92 Å². The lowest BCUT2D eigenvalue weighted by Crippen LogP contribution is -2.49. The normalized spacial score (nSPS) is 17.3. The first-order valence-corrected chi connectivity index (χ1v) is 14.5. The molecule has 2 aromatic heterocycles. The first kappa shape index (κ1) is 25.6. The van der Waals surface area contributed by atoms with Crippen LogP contribution in [0.3, 0.4) is 0 Å². The Hall–Kier alpha value is -3.65. The van der Waals surface area contributed by atoms with E-state index in [9.17, 15) is 4.79 Å². The summed E-state index contributed by atoms with van der Waals surface area (Å²) in [7, 11) is 3.19. The van der Waals surface area contributed by atoms with E-state index in [0.29, 0.717) is 42.5 Å². The summed E-state index contributed by atoms with van der Waals surface area (Å²) in [6.07, 6.45) is 4.12. The zero-order valence-corrected chi connectivity index (χ0v) is 23.6. The molecule has 2 aromatic carbocycles. The molecule has 1 fully saturated rings. The first-order chi connectivity index (χ1) is 19.0. The number of ether oxygens (including phenoxy) is 2. The van der Waals surface area contributed by atoms with E-state index in [0.717, 1.165) is 42.4 Å². The number of thiophene rings is 1. The number of benzene rings is 2. The molecule has 0 radical (unpaired) electrons. The number of aryl methyl sites for hydroxylation is 1. The molecule has 6 rings (SSSR count). The second-order valence-electron chi connectivity index (χ2n) is 10.5. The van der Waals surface area contributed by atoms with Crippen molar-refractivity contribution in [1.82, 2.24) is 14.9 Å². The number of aromatic nitrogens is 2. The van der Waals surface area contributed by atoms with Gasteiger partial charge >= 0.3 is 0 Å². The standard InChI is InChI=1S/C31H34N4O3S/c1-20-9-11-24-26(17-20)39-30-28(24)29(32-27(33-30)18-21-7-5-4-6-8-21)34-13-15-35(16-14-34)31(36)23-12-10-22(37-2)19-25(23)38-3/h4-8,10,12,19-20H,9,11,13-18H2,1-3H3. The predicted octanol–water partition coefficient (Wildman–Crippen LogP) is 5.39. The molecule has 8 heteroatoms. The SMILES string of the molecule is COc1ccc(C(=O)N2CCN(c3nc(Cc4ccccc4)nc4sc5c(c34)CCC(C)C5)CC2)c(OC)c1. The highest BCUT2D eigenvalue weighted by Gasteiger charge is 2.29. The predicted molar refractivity (Wildman–Crippen MR) is 156 cm³/mol. The highest BCUT2D eigenvalue weighted by atomic mass is 32.1. The number of hydrogen-bond acceptors (Lipinski definition) is 7. The second kappa shape index (κ2) is 10.8. The number of hydrogen-bond donors (Lipinski definition) is 0. The van der Waals surface area contributed by atoms with Crippen LogP contribution in [0.1, 0.15) is 45.5 Å². The number of carbonyl (C=O) groups excluding carboxylic acids is 1. The number of methoxy groups -OCH3 is 2. The van der Waals surface area contributed by atoms with Crippen LogP contribution >= 0.6 is 11.3 Å². The number of amides is 1. The van der Waals surface area contributed by atoms with E-state index in [1.807, 2.05) is 22.3 Å². The third-order valence-electron chi connectivity index (χ3n) is 7.89. The van der Waals surface area contributed by atoms with Crippen LogP contribution in [-0.4, -0.2) is 61.2 Å². The molecule has 2 aliphatic rings. The van der Waals surface area contributed by atoms with Crippen LogP contribution in [0.2, 0.25) is 0 Å². The van der Waals surface area contributed by atoms with Crippen LogP contribution in [0.4, 0.5) is 5.82 Å². The minimum atomic E-state index is -0.0198. The van der Waals surface area contributed by atoms with Crippen LogP contribution in [0.15, 0.2) is 48.5 Å². The maximum Gasteiger partial charge on any atom is 0.257 e. The van der Waals surface area contributed by atoms with E-state index in [-0.39, 0.29) is 5.91 Å². The molecule has 1 saturated heterocycles. The molecule has 39 heavy (non-hydrogen) atoms. The van der Waals surface area contributed by atoms with Gasteiger partial charge in [-0.05, 0) is 48.4 Å². The van der Waals surface area contributed by atoms with Gasteiger partial charge in [-0.3, -0.25) is 4.79 Å². The molecule has 7 nitrogen and oxygen atoms in total. The number of carbonyl (C=O) groups is 1. The topological polar surface area (TPSA) is 67.8 Å². The number of fused-ring (bicyclic) bond motifs is 3. The Bertz CT molecular complexity index is 1490. The lowest BCUT2D eigenvalue weighted by atomic mass is 9.89. The summed E-state index contributed by atoms with van der Waals surface area (Å²) in [5.74, 6) is 3.78.